The Labute approximate surface area is 121 Å². The Kier molecular flexibility index (Phi) is 5.16. The molecule has 0 amide bonds. The van der Waals surface area contributed by atoms with Crippen molar-refractivity contribution < 1.29 is 0 Å². The van der Waals surface area contributed by atoms with Gasteiger partial charge in [0.05, 0.1) is 0 Å². The van der Waals surface area contributed by atoms with Gasteiger partial charge in [0, 0.05) is 32.7 Å². The van der Waals surface area contributed by atoms with Crippen molar-refractivity contribution >= 4 is 17.3 Å². The number of hydrogen-bond acceptors (Lipinski definition) is 2. The van der Waals surface area contributed by atoms with Crippen molar-refractivity contribution in [1.29, 1.82) is 0 Å². The average Bonchev–Trinajstić information content (AvgIpc) is 2.43. The van der Waals surface area contributed by atoms with Gasteiger partial charge in [-0.3, -0.25) is 4.90 Å². The van der Waals surface area contributed by atoms with Crippen LogP contribution in [0.25, 0.3) is 0 Å². The lowest BCUT2D eigenvalue weighted by Gasteiger charge is -2.37. The lowest BCUT2D eigenvalue weighted by atomic mass is 9.93. The summed E-state index contributed by atoms with van der Waals surface area (Å²) >= 11 is 5.19. The molecule has 0 bridgehead atoms. The lowest BCUT2D eigenvalue weighted by molar-refractivity contribution is 0.150. The summed E-state index contributed by atoms with van der Waals surface area (Å²) in [5, 5.41) is 7.14. The van der Waals surface area contributed by atoms with Gasteiger partial charge in [-0.2, -0.15) is 0 Å². The van der Waals surface area contributed by atoms with E-state index < -0.39 is 0 Å². The minimum Gasteiger partial charge on any atom is -0.366 e. The second-order valence-corrected chi connectivity index (χ2v) is 5.72. The van der Waals surface area contributed by atoms with Crippen molar-refractivity contribution in [3.63, 3.8) is 0 Å². The Balaban J connectivity index is 1.84. The zero-order chi connectivity index (χ0) is 13.7. The minimum absolute atomic E-state index is 0.493. The van der Waals surface area contributed by atoms with Gasteiger partial charge in [0.25, 0.3) is 0 Å². The van der Waals surface area contributed by atoms with Crippen LogP contribution in [0, 0.1) is 5.92 Å². The normalized spacial score (nSPS) is 23.9. The largest absolute Gasteiger partial charge is 0.366 e. The van der Waals surface area contributed by atoms with Crippen molar-refractivity contribution in [2.24, 2.45) is 5.92 Å². The monoisotopic (exact) mass is 277 g/mol. The Morgan fingerprint density at radius 2 is 2.11 bits per heavy atom. The van der Waals surface area contributed by atoms with Crippen molar-refractivity contribution in [3.8, 4) is 0 Å². The van der Waals surface area contributed by atoms with Crippen LogP contribution in [0.3, 0.4) is 0 Å². The van der Waals surface area contributed by atoms with Gasteiger partial charge in [-0.1, -0.05) is 37.3 Å². The van der Waals surface area contributed by atoms with Crippen LogP contribution in [0.2, 0.25) is 0 Å². The maximum absolute atomic E-state index is 5.19. The first-order valence-corrected chi connectivity index (χ1v) is 7.34. The highest BCUT2D eigenvalue weighted by atomic mass is 32.1. The maximum atomic E-state index is 5.19. The topological polar surface area (TPSA) is 27.3 Å². The van der Waals surface area contributed by atoms with Crippen molar-refractivity contribution in [2.45, 2.75) is 25.9 Å². The van der Waals surface area contributed by atoms with Gasteiger partial charge in [0.15, 0.2) is 5.11 Å². The summed E-state index contributed by atoms with van der Waals surface area (Å²) in [7, 11) is 1.87. The number of hydrogen-bond donors (Lipinski definition) is 2. The van der Waals surface area contributed by atoms with E-state index in [0.717, 1.165) is 31.2 Å². The number of nitrogens with one attached hydrogen (secondary N) is 2. The molecule has 1 aliphatic heterocycles. The average molecular weight is 277 g/mol. The molecule has 2 rings (SSSR count). The fourth-order valence-electron chi connectivity index (χ4n) is 2.67. The quantitative estimate of drug-likeness (QED) is 0.826. The first-order chi connectivity index (χ1) is 9.19. The molecular formula is C15H23N3S. The fraction of sp³-hybridized carbons (Fsp3) is 0.533. The molecular weight excluding hydrogens is 254 g/mol. The second kappa shape index (κ2) is 6.87. The summed E-state index contributed by atoms with van der Waals surface area (Å²) in [6.45, 7) is 5.60. The first kappa shape index (κ1) is 14.3. The van der Waals surface area contributed by atoms with E-state index >= 15 is 0 Å². The van der Waals surface area contributed by atoms with Gasteiger partial charge in [-0.25, -0.2) is 0 Å². The maximum Gasteiger partial charge on any atom is 0.166 e. The second-order valence-electron chi connectivity index (χ2n) is 5.32. The van der Waals surface area contributed by atoms with Gasteiger partial charge in [-0.15, -0.1) is 0 Å². The molecule has 104 valence electrons. The van der Waals surface area contributed by atoms with Crippen LogP contribution in [0.5, 0.6) is 0 Å². The van der Waals surface area contributed by atoms with E-state index in [1.165, 1.54) is 5.56 Å². The number of benzene rings is 1. The van der Waals surface area contributed by atoms with E-state index in [2.05, 4.69) is 52.8 Å². The van der Waals surface area contributed by atoms with E-state index in [0.29, 0.717) is 12.0 Å². The number of nitrogens with zero attached hydrogens (tertiary/aromatic N) is 1. The van der Waals surface area contributed by atoms with Crippen LogP contribution in [-0.2, 0) is 6.54 Å². The van der Waals surface area contributed by atoms with E-state index in [4.69, 9.17) is 12.2 Å². The molecule has 1 saturated heterocycles. The summed E-state index contributed by atoms with van der Waals surface area (Å²) in [5.41, 5.74) is 1.40. The highest BCUT2D eigenvalue weighted by Crippen LogP contribution is 2.18. The molecule has 4 heteroatoms. The lowest BCUT2D eigenvalue weighted by Crippen LogP contribution is -2.51. The number of thiocarbonyl (C=S) groups is 1. The molecule has 2 N–H and O–H groups in total. The molecule has 2 unspecified atom stereocenters. The molecule has 2 atom stereocenters. The zero-order valence-corrected chi connectivity index (χ0v) is 12.5. The highest BCUT2D eigenvalue weighted by Gasteiger charge is 2.26. The molecule has 1 aromatic rings. The third-order valence-electron chi connectivity index (χ3n) is 3.78. The Morgan fingerprint density at radius 1 is 1.37 bits per heavy atom. The molecule has 0 saturated carbocycles. The molecule has 19 heavy (non-hydrogen) atoms. The van der Waals surface area contributed by atoms with Gasteiger partial charge in [0.2, 0.25) is 0 Å². The van der Waals surface area contributed by atoms with Crippen molar-refractivity contribution in [3.05, 3.63) is 35.9 Å². The van der Waals surface area contributed by atoms with Crippen LogP contribution in [0.4, 0.5) is 0 Å². The summed E-state index contributed by atoms with van der Waals surface area (Å²) in [5.74, 6) is 0.615. The summed E-state index contributed by atoms with van der Waals surface area (Å²) in [4.78, 5) is 2.53. The number of piperidine rings is 1. The molecule has 0 spiro atoms. The third kappa shape index (κ3) is 4.18. The molecule has 1 heterocycles. The van der Waals surface area contributed by atoms with Crippen LogP contribution < -0.4 is 10.6 Å². The zero-order valence-electron chi connectivity index (χ0n) is 11.7. The van der Waals surface area contributed by atoms with Crippen molar-refractivity contribution in [2.75, 3.05) is 20.1 Å². The summed E-state index contributed by atoms with van der Waals surface area (Å²) < 4.78 is 0. The van der Waals surface area contributed by atoms with Gasteiger partial charge >= 0.3 is 0 Å². The number of rotatable bonds is 3. The van der Waals surface area contributed by atoms with E-state index in [1.807, 2.05) is 7.05 Å². The molecule has 1 aliphatic rings. The molecule has 1 fully saturated rings. The Hall–Kier alpha value is -1.13. The van der Waals surface area contributed by atoms with E-state index in [-0.39, 0.29) is 0 Å². The minimum atomic E-state index is 0.493. The predicted octanol–water partition coefficient (Wildman–Crippen LogP) is 1.99. The molecule has 0 aromatic heterocycles. The van der Waals surface area contributed by atoms with E-state index in [9.17, 15) is 0 Å². The van der Waals surface area contributed by atoms with Crippen LogP contribution >= 0.6 is 12.2 Å². The number of likely N-dealkylation sites (tertiary alicyclic amines) is 1. The van der Waals surface area contributed by atoms with Crippen molar-refractivity contribution in [1.82, 2.24) is 15.5 Å². The third-order valence-corrected chi connectivity index (χ3v) is 4.10. The molecule has 0 aliphatic carbocycles. The van der Waals surface area contributed by atoms with Crippen LogP contribution in [0.1, 0.15) is 18.9 Å². The summed E-state index contributed by atoms with van der Waals surface area (Å²) in [6.07, 6.45) is 1.15. The van der Waals surface area contributed by atoms with Gasteiger partial charge in [-0.05, 0) is 30.1 Å². The highest BCUT2D eigenvalue weighted by molar-refractivity contribution is 7.80. The van der Waals surface area contributed by atoms with Crippen LogP contribution in [0.15, 0.2) is 30.3 Å². The predicted molar refractivity (Wildman–Crippen MR) is 84.1 cm³/mol. The standard InChI is InChI=1S/C15H23N3S/c1-12-10-18(11-13-6-4-3-5-7-13)9-8-14(12)17-15(19)16-2/h3-7,12,14H,8-11H2,1-2H3,(H2,16,17,19). The molecule has 1 aromatic carbocycles. The smallest absolute Gasteiger partial charge is 0.166 e. The SMILES string of the molecule is CNC(=S)NC1CCN(Cc2ccccc2)CC1C. The Bertz CT molecular complexity index is 407. The molecule has 3 nitrogen and oxygen atoms in total. The van der Waals surface area contributed by atoms with E-state index in [1.54, 1.807) is 0 Å². The van der Waals surface area contributed by atoms with Gasteiger partial charge < -0.3 is 10.6 Å². The first-order valence-electron chi connectivity index (χ1n) is 6.93. The van der Waals surface area contributed by atoms with Gasteiger partial charge in [0.1, 0.15) is 0 Å². The fourth-order valence-corrected chi connectivity index (χ4v) is 2.82. The Morgan fingerprint density at radius 3 is 2.74 bits per heavy atom. The van der Waals surface area contributed by atoms with Crippen LogP contribution in [-0.4, -0.2) is 36.2 Å². The molecule has 0 radical (unpaired) electrons. The summed E-state index contributed by atoms with van der Waals surface area (Å²) in [6, 6.07) is 11.2.